The molecule has 0 unspecified atom stereocenters. The van der Waals surface area contributed by atoms with E-state index < -0.39 is 9.04 Å². The summed E-state index contributed by atoms with van der Waals surface area (Å²) in [5, 5.41) is 16.5. The van der Waals surface area contributed by atoms with Gasteiger partial charge in [-0.15, -0.1) is 0 Å². The van der Waals surface area contributed by atoms with Crippen LogP contribution in [0.4, 0.5) is 11.4 Å². The van der Waals surface area contributed by atoms with Crippen LogP contribution in [0.3, 0.4) is 0 Å². The summed E-state index contributed by atoms with van der Waals surface area (Å²) in [6, 6.07) is 13.7. The van der Waals surface area contributed by atoms with Gasteiger partial charge in [0.25, 0.3) is 9.04 Å². The van der Waals surface area contributed by atoms with Gasteiger partial charge in [-0.2, -0.15) is 5.26 Å². The third-order valence-corrected chi connectivity index (χ3v) is 5.21. The Kier molecular flexibility index (Phi) is 7.04. The lowest BCUT2D eigenvalue weighted by atomic mass is 9.84. The quantitative estimate of drug-likeness (QED) is 0.428. The fraction of sp³-hybridized carbons (Fsp3) is 0.300. The van der Waals surface area contributed by atoms with Crippen molar-refractivity contribution >= 4 is 53.7 Å². The zero-order valence-electron chi connectivity index (χ0n) is 16.1. The number of hydrogen-bond donors (Lipinski definition) is 2. The molecule has 0 aromatic heterocycles. The summed E-state index contributed by atoms with van der Waals surface area (Å²) in [6.07, 6.45) is 0. The highest BCUT2D eigenvalue weighted by atomic mass is 79.9. The summed E-state index contributed by atoms with van der Waals surface area (Å²) in [7, 11) is -1.03. The Bertz CT molecular complexity index is 888. The molecule has 27 heavy (non-hydrogen) atoms. The van der Waals surface area contributed by atoms with E-state index in [-0.39, 0.29) is 5.41 Å². The van der Waals surface area contributed by atoms with Gasteiger partial charge in [0.15, 0.2) is 5.11 Å². The van der Waals surface area contributed by atoms with Gasteiger partial charge in [0.1, 0.15) is 11.8 Å². The first-order chi connectivity index (χ1) is 12.6. The van der Waals surface area contributed by atoms with Gasteiger partial charge in [-0.1, -0.05) is 32.9 Å². The van der Waals surface area contributed by atoms with Crippen molar-refractivity contribution in [2.24, 2.45) is 0 Å². The third-order valence-electron chi connectivity index (χ3n) is 3.70. The first kappa shape index (κ1) is 21.4. The van der Waals surface area contributed by atoms with Crippen molar-refractivity contribution in [1.29, 1.82) is 5.26 Å². The zero-order valence-corrected chi connectivity index (χ0v) is 19.5. The minimum atomic E-state index is -1.03. The van der Waals surface area contributed by atoms with Gasteiger partial charge in [0.05, 0.1) is 11.3 Å². The Hall–Kier alpha value is -1.88. The van der Waals surface area contributed by atoms with Gasteiger partial charge in [0, 0.05) is 15.7 Å². The van der Waals surface area contributed by atoms with Crippen LogP contribution in [-0.4, -0.2) is 14.2 Å². The van der Waals surface area contributed by atoms with Crippen LogP contribution in [0.1, 0.15) is 31.9 Å². The van der Waals surface area contributed by atoms with Crippen molar-refractivity contribution in [3.8, 4) is 11.8 Å². The van der Waals surface area contributed by atoms with E-state index in [1.54, 1.807) is 6.07 Å². The number of benzene rings is 2. The van der Waals surface area contributed by atoms with Crippen molar-refractivity contribution in [2.45, 2.75) is 39.3 Å². The molecule has 0 heterocycles. The molecule has 0 saturated heterocycles. The number of nitrogens with zero attached hydrogens (tertiary/aromatic N) is 1. The monoisotopic (exact) mass is 460 g/mol. The number of anilines is 2. The molecular weight excluding hydrogens is 438 g/mol. The van der Waals surface area contributed by atoms with Crippen LogP contribution in [-0.2, 0) is 5.41 Å². The molecule has 0 spiro atoms. The molecule has 2 rings (SSSR count). The minimum Gasteiger partial charge on any atom is -0.541 e. The number of nitriles is 1. The van der Waals surface area contributed by atoms with Crippen molar-refractivity contribution in [3.05, 3.63) is 52.0 Å². The van der Waals surface area contributed by atoms with E-state index in [0.717, 1.165) is 21.4 Å². The van der Waals surface area contributed by atoms with E-state index in [0.29, 0.717) is 16.4 Å². The molecule has 0 aliphatic heterocycles. The fourth-order valence-corrected chi connectivity index (χ4v) is 3.89. The maximum Gasteiger partial charge on any atom is 0.274 e. The summed E-state index contributed by atoms with van der Waals surface area (Å²) in [5.74, 6) is 0.651. The Labute approximate surface area is 176 Å². The second kappa shape index (κ2) is 8.87. The molecule has 1 radical (unpaired) electrons. The Morgan fingerprint density at radius 1 is 1.11 bits per heavy atom. The molecule has 4 nitrogen and oxygen atoms in total. The van der Waals surface area contributed by atoms with E-state index in [9.17, 15) is 5.26 Å². The Morgan fingerprint density at radius 2 is 1.74 bits per heavy atom. The Balaban J connectivity index is 2.43. The molecule has 0 amide bonds. The highest BCUT2D eigenvalue weighted by Gasteiger charge is 2.26. The molecule has 0 aliphatic carbocycles. The lowest BCUT2D eigenvalue weighted by Crippen LogP contribution is -2.25. The smallest absolute Gasteiger partial charge is 0.274 e. The second-order valence-electron chi connectivity index (χ2n) is 7.30. The number of rotatable bonds is 4. The van der Waals surface area contributed by atoms with Crippen molar-refractivity contribution in [2.75, 3.05) is 10.6 Å². The minimum absolute atomic E-state index is 0.231. The van der Waals surface area contributed by atoms with Crippen molar-refractivity contribution < 1.29 is 4.43 Å². The SMILES string of the molecule is C[Si](C)Oc1c(C#N)ccc(NC(=S)Nc2ccccc2Br)c1C(C)(C)C. The third kappa shape index (κ3) is 5.55. The van der Waals surface area contributed by atoms with Gasteiger partial charge in [0.2, 0.25) is 0 Å². The summed E-state index contributed by atoms with van der Waals surface area (Å²) in [4.78, 5) is 0. The molecule has 2 N–H and O–H groups in total. The number of halogens is 1. The maximum absolute atomic E-state index is 9.54. The predicted octanol–water partition coefficient (Wildman–Crippen LogP) is 6.06. The second-order valence-corrected chi connectivity index (χ2v) is 10.6. The first-order valence-corrected chi connectivity index (χ1v) is 12.1. The van der Waals surface area contributed by atoms with E-state index >= 15 is 0 Å². The zero-order chi connectivity index (χ0) is 20.2. The summed E-state index contributed by atoms with van der Waals surface area (Å²) < 4.78 is 7.05. The van der Waals surface area contributed by atoms with Gasteiger partial charge < -0.3 is 15.1 Å². The molecule has 0 saturated carbocycles. The van der Waals surface area contributed by atoms with Gasteiger partial charge >= 0.3 is 0 Å². The van der Waals surface area contributed by atoms with Gasteiger partial charge in [-0.05, 0) is 70.9 Å². The van der Waals surface area contributed by atoms with Gasteiger partial charge in [-0.3, -0.25) is 0 Å². The maximum atomic E-state index is 9.54. The van der Waals surface area contributed by atoms with Crippen LogP contribution >= 0.6 is 28.1 Å². The molecule has 0 atom stereocenters. The summed E-state index contributed by atoms with van der Waals surface area (Å²) >= 11 is 9.02. The molecule has 141 valence electrons. The Morgan fingerprint density at radius 3 is 2.30 bits per heavy atom. The molecule has 0 fully saturated rings. The number of nitrogens with one attached hydrogen (secondary N) is 2. The lowest BCUT2D eigenvalue weighted by Gasteiger charge is -2.28. The van der Waals surface area contributed by atoms with Crippen LogP contribution < -0.4 is 15.1 Å². The van der Waals surface area contributed by atoms with Crippen LogP contribution in [0, 0.1) is 11.3 Å². The highest BCUT2D eigenvalue weighted by Crippen LogP contribution is 2.40. The number of thiocarbonyl (C=S) groups is 1. The largest absolute Gasteiger partial charge is 0.541 e. The first-order valence-electron chi connectivity index (χ1n) is 8.51. The number of hydrogen-bond acceptors (Lipinski definition) is 3. The normalized spacial score (nSPS) is 11.0. The molecule has 2 aromatic carbocycles. The summed E-state index contributed by atoms with van der Waals surface area (Å²) in [5.41, 5.74) is 2.98. The van der Waals surface area contributed by atoms with Crippen LogP contribution in [0.2, 0.25) is 13.1 Å². The van der Waals surface area contributed by atoms with E-state index in [1.807, 2.05) is 30.3 Å². The molecular formula is C20H23BrN3OSSi. The van der Waals surface area contributed by atoms with E-state index in [4.69, 9.17) is 16.6 Å². The highest BCUT2D eigenvalue weighted by molar-refractivity contribution is 9.10. The van der Waals surface area contributed by atoms with E-state index in [2.05, 4.69) is 66.5 Å². The summed E-state index contributed by atoms with van der Waals surface area (Å²) in [6.45, 7) is 10.4. The molecule has 0 aliphatic rings. The van der Waals surface area contributed by atoms with Crippen molar-refractivity contribution in [3.63, 3.8) is 0 Å². The average Bonchev–Trinajstić information content (AvgIpc) is 2.55. The lowest BCUT2D eigenvalue weighted by molar-refractivity contribution is 0.521. The molecule has 2 aromatic rings. The van der Waals surface area contributed by atoms with E-state index in [1.165, 1.54) is 0 Å². The average molecular weight is 461 g/mol. The standard InChI is InChI=1S/C20H23BrN3OSSi/c1-20(2,3)17-16(11-10-13(12-22)18(17)25-27(4)5)24-19(26)23-15-9-7-6-8-14(15)21/h6-11H,1-5H3,(H2,23,24,26). The molecule has 7 heteroatoms. The van der Waals surface area contributed by atoms with Crippen LogP contribution in [0.15, 0.2) is 40.9 Å². The molecule has 0 bridgehead atoms. The predicted molar refractivity (Wildman–Crippen MR) is 122 cm³/mol. The van der Waals surface area contributed by atoms with Crippen LogP contribution in [0.5, 0.6) is 5.75 Å². The number of para-hydroxylation sites is 1. The van der Waals surface area contributed by atoms with Crippen LogP contribution in [0.25, 0.3) is 0 Å². The van der Waals surface area contributed by atoms with Gasteiger partial charge in [-0.25, -0.2) is 0 Å². The van der Waals surface area contributed by atoms with Crippen molar-refractivity contribution in [1.82, 2.24) is 0 Å². The fourth-order valence-electron chi connectivity index (χ4n) is 2.67. The topological polar surface area (TPSA) is 57.1 Å².